The number of alkyl halides is 2. The van der Waals surface area contributed by atoms with E-state index in [-0.39, 0.29) is 40.5 Å². The average Bonchev–Trinajstić information content (AvgIpc) is 3.80. The maximum atomic E-state index is 13.1. The third-order valence-corrected chi connectivity index (χ3v) is 8.15. The molecule has 3 aromatic heterocycles. The number of amides is 4. The number of halogens is 2. The van der Waals surface area contributed by atoms with Crippen LogP contribution in [0.3, 0.4) is 0 Å². The van der Waals surface area contributed by atoms with Crippen LogP contribution in [-0.2, 0) is 25.9 Å². The first-order valence-corrected chi connectivity index (χ1v) is 17.3. The van der Waals surface area contributed by atoms with Gasteiger partial charge >= 0.3 is 0 Å². The molecular formula is C34H42Cl2N12O4. The zero-order chi connectivity index (χ0) is 37.8. The largest absolute Gasteiger partial charge is 0.377 e. The highest BCUT2D eigenvalue weighted by atomic mass is 35.5. The van der Waals surface area contributed by atoms with Gasteiger partial charge < -0.3 is 36.1 Å². The first kappa shape index (κ1) is 39.2. The number of aryl methyl sites for hydroxylation is 3. The number of nitrogens with zero attached hydrogens (tertiary/aromatic N) is 7. The summed E-state index contributed by atoms with van der Waals surface area (Å²) >= 11 is 11.8. The van der Waals surface area contributed by atoms with Crippen molar-refractivity contribution in [3.63, 3.8) is 0 Å². The lowest BCUT2D eigenvalue weighted by molar-refractivity contribution is -0.111. The Morgan fingerprint density at radius 2 is 1.40 bits per heavy atom. The van der Waals surface area contributed by atoms with Crippen LogP contribution in [-0.4, -0.2) is 99.1 Å². The van der Waals surface area contributed by atoms with Gasteiger partial charge in [-0.1, -0.05) is 12.1 Å². The van der Waals surface area contributed by atoms with Gasteiger partial charge in [0.25, 0.3) is 17.7 Å². The number of carbonyl (C=O) groups excluding carboxylic acids is 4. The maximum Gasteiger partial charge on any atom is 0.275 e. The van der Waals surface area contributed by atoms with E-state index in [9.17, 15) is 19.2 Å². The summed E-state index contributed by atoms with van der Waals surface area (Å²) in [4.78, 5) is 57.7. The molecule has 0 radical (unpaired) electrons. The molecule has 1 aromatic carbocycles. The van der Waals surface area contributed by atoms with E-state index in [1.807, 2.05) is 24.3 Å². The number of hydrogen-bond acceptors (Lipinski definition) is 8. The number of rotatable bonds is 16. The summed E-state index contributed by atoms with van der Waals surface area (Å²) in [6.07, 6.45) is 5.23. The fraction of sp³-hybridized carbons (Fsp3) is 0.324. The van der Waals surface area contributed by atoms with Crippen LogP contribution in [0.25, 0.3) is 6.08 Å². The van der Waals surface area contributed by atoms with E-state index in [1.165, 1.54) is 33.6 Å². The highest BCUT2D eigenvalue weighted by Gasteiger charge is 2.20. The molecule has 16 nitrogen and oxygen atoms in total. The van der Waals surface area contributed by atoms with E-state index < -0.39 is 11.8 Å². The van der Waals surface area contributed by atoms with Crippen LogP contribution in [0.15, 0.2) is 59.7 Å². The molecule has 0 unspecified atom stereocenters. The normalized spacial score (nSPS) is 11.4. The molecule has 0 fully saturated rings. The van der Waals surface area contributed by atoms with Gasteiger partial charge in [-0.2, -0.15) is 10.2 Å². The minimum atomic E-state index is -0.550. The molecule has 0 saturated carbocycles. The molecule has 276 valence electrons. The van der Waals surface area contributed by atoms with Crippen LogP contribution < -0.4 is 31.5 Å². The molecule has 0 aliphatic heterocycles. The first-order chi connectivity index (χ1) is 25.0. The average molecular weight is 754 g/mol. The molecule has 0 saturated heterocycles. The van der Waals surface area contributed by atoms with Crippen molar-refractivity contribution in [2.24, 2.45) is 26.1 Å². The number of amidine groups is 1. The van der Waals surface area contributed by atoms with Gasteiger partial charge in [-0.15, -0.1) is 23.2 Å². The fourth-order valence-corrected chi connectivity index (χ4v) is 5.57. The molecule has 4 rings (SSSR count). The number of aliphatic imine (C=N–C) groups is 1. The molecule has 0 bridgehead atoms. The van der Waals surface area contributed by atoms with Crippen molar-refractivity contribution >= 4 is 81.8 Å². The SMILES string of the molecule is CN=C(CCNC(=O)c1cc(NC(=O)c2cc(NC(=O)c3cc(NC(=O)/C=C/c4ccc(N(CCCl)CCCl)cc4)cn3C)nn2C)nn1C)NC. The summed E-state index contributed by atoms with van der Waals surface area (Å²) in [7, 11) is 8.23. The van der Waals surface area contributed by atoms with Crippen LogP contribution in [0.5, 0.6) is 0 Å². The minimum Gasteiger partial charge on any atom is -0.377 e. The predicted molar refractivity (Wildman–Crippen MR) is 205 cm³/mol. The van der Waals surface area contributed by atoms with E-state index in [0.29, 0.717) is 43.5 Å². The van der Waals surface area contributed by atoms with Crippen molar-refractivity contribution in [3.05, 3.63) is 77.4 Å². The Balaban J connectivity index is 1.32. The highest BCUT2D eigenvalue weighted by molar-refractivity contribution is 6.18. The van der Waals surface area contributed by atoms with Crippen molar-refractivity contribution < 1.29 is 19.2 Å². The van der Waals surface area contributed by atoms with E-state index in [2.05, 4.69) is 46.7 Å². The summed E-state index contributed by atoms with van der Waals surface area (Å²) in [5, 5.41) is 22.3. The Hall–Kier alpha value is -5.61. The van der Waals surface area contributed by atoms with E-state index in [1.54, 1.807) is 52.1 Å². The van der Waals surface area contributed by atoms with Gasteiger partial charge in [-0.05, 0) is 29.8 Å². The summed E-state index contributed by atoms with van der Waals surface area (Å²) in [5.74, 6) is 0.218. The first-order valence-electron chi connectivity index (χ1n) is 16.2. The molecule has 18 heteroatoms. The topological polar surface area (TPSA) is 185 Å². The molecular weight excluding hydrogens is 711 g/mol. The highest BCUT2D eigenvalue weighted by Crippen LogP contribution is 2.19. The van der Waals surface area contributed by atoms with Crippen LogP contribution in [0.2, 0.25) is 0 Å². The standard InChI is InChI=1S/C34H42Cl2N12O4/c1-37-28(38-2)12-15-39-32(50)26-19-29(43-46(26)4)42-34(52)27-20-30(44-47(27)5)41-33(51)25-18-23(21-45(25)3)40-31(49)11-8-22-6-9-24(10-7-22)48(16-13-35)17-14-36/h6-11,18-21H,12-17H2,1-5H3,(H,37,38)(H,39,50)(H,40,49)(H,41,44,51)(H,42,43,52)/b11-8+. The molecule has 5 N–H and O–H groups in total. The third kappa shape index (κ3) is 10.5. The summed E-state index contributed by atoms with van der Waals surface area (Å²) in [6.45, 7) is 1.71. The second-order valence-corrected chi connectivity index (χ2v) is 12.2. The third-order valence-electron chi connectivity index (χ3n) is 7.81. The van der Waals surface area contributed by atoms with Crippen molar-refractivity contribution in [2.45, 2.75) is 6.42 Å². The number of anilines is 4. The van der Waals surface area contributed by atoms with Gasteiger partial charge in [0.2, 0.25) is 5.91 Å². The Morgan fingerprint density at radius 3 is 1.96 bits per heavy atom. The predicted octanol–water partition coefficient (Wildman–Crippen LogP) is 3.30. The molecule has 0 spiro atoms. The molecule has 3 heterocycles. The summed E-state index contributed by atoms with van der Waals surface area (Å²) < 4.78 is 4.23. The lowest BCUT2D eigenvalue weighted by atomic mass is 10.2. The van der Waals surface area contributed by atoms with Gasteiger partial charge in [0.05, 0.1) is 11.5 Å². The fourth-order valence-electron chi connectivity index (χ4n) is 5.16. The number of carbonyl (C=O) groups is 4. The minimum absolute atomic E-state index is 0.129. The number of hydrogen-bond donors (Lipinski definition) is 5. The van der Waals surface area contributed by atoms with Crippen LogP contribution in [0.4, 0.5) is 23.0 Å². The van der Waals surface area contributed by atoms with Crippen molar-refractivity contribution in [3.8, 4) is 0 Å². The molecule has 52 heavy (non-hydrogen) atoms. The molecule has 4 amide bonds. The van der Waals surface area contributed by atoms with Gasteiger partial charge in [-0.25, -0.2) is 0 Å². The Morgan fingerprint density at radius 1 is 0.827 bits per heavy atom. The van der Waals surface area contributed by atoms with E-state index >= 15 is 0 Å². The maximum absolute atomic E-state index is 13.1. The zero-order valence-corrected chi connectivity index (χ0v) is 31.0. The van der Waals surface area contributed by atoms with Gasteiger partial charge in [0, 0.05) is 103 Å². The number of aromatic nitrogens is 5. The smallest absolute Gasteiger partial charge is 0.275 e. The lowest BCUT2D eigenvalue weighted by Gasteiger charge is -2.22. The van der Waals surface area contributed by atoms with E-state index in [0.717, 1.165) is 17.1 Å². The lowest BCUT2D eigenvalue weighted by Crippen LogP contribution is -2.30. The number of benzene rings is 1. The quantitative estimate of drug-likeness (QED) is 0.0500. The van der Waals surface area contributed by atoms with Crippen LogP contribution in [0.1, 0.15) is 43.4 Å². The van der Waals surface area contributed by atoms with Gasteiger partial charge in [-0.3, -0.25) is 33.5 Å². The van der Waals surface area contributed by atoms with Gasteiger partial charge in [0.1, 0.15) is 17.1 Å². The van der Waals surface area contributed by atoms with Gasteiger partial charge in [0.15, 0.2) is 11.6 Å². The molecule has 0 aliphatic carbocycles. The van der Waals surface area contributed by atoms with Crippen molar-refractivity contribution in [2.75, 3.05) is 66.3 Å². The van der Waals surface area contributed by atoms with Crippen LogP contribution >= 0.6 is 23.2 Å². The Kier molecular flexibility index (Phi) is 14.0. The second kappa shape index (κ2) is 18.6. The molecule has 0 atom stereocenters. The monoisotopic (exact) mass is 752 g/mol. The summed E-state index contributed by atoms with van der Waals surface area (Å²) in [6, 6.07) is 12.1. The molecule has 4 aromatic rings. The van der Waals surface area contributed by atoms with Crippen LogP contribution in [0, 0.1) is 0 Å². The molecule has 0 aliphatic rings. The Labute approximate surface area is 311 Å². The summed E-state index contributed by atoms with van der Waals surface area (Å²) in [5.41, 5.74) is 2.86. The zero-order valence-electron chi connectivity index (χ0n) is 29.5. The Bertz CT molecular complexity index is 1940. The number of nitrogens with one attached hydrogen (secondary N) is 5. The van der Waals surface area contributed by atoms with Crippen molar-refractivity contribution in [1.82, 2.24) is 34.8 Å². The second-order valence-electron chi connectivity index (χ2n) is 11.4. The van der Waals surface area contributed by atoms with Crippen molar-refractivity contribution in [1.29, 1.82) is 0 Å². The van der Waals surface area contributed by atoms with E-state index in [4.69, 9.17) is 23.2 Å².